The number of carbonyl (C=O) groups excluding carboxylic acids is 2. The van der Waals surface area contributed by atoms with Gasteiger partial charge in [0.2, 0.25) is 5.91 Å². The molecule has 0 saturated carbocycles. The minimum Gasteiger partial charge on any atom is -0.466 e. The summed E-state index contributed by atoms with van der Waals surface area (Å²) in [5.74, 6) is -0.0503. The van der Waals surface area contributed by atoms with E-state index in [2.05, 4.69) is 31.3 Å². The van der Waals surface area contributed by atoms with Gasteiger partial charge in [-0.3, -0.25) is 9.59 Å². The van der Waals surface area contributed by atoms with Crippen molar-refractivity contribution in [3.8, 4) is 0 Å². The Balaban J connectivity index is 3.36. The molecule has 0 aliphatic carbocycles. The molecule has 75 heavy (non-hydrogen) atoms. The molecule has 0 aromatic rings. The molecule has 2 unspecified atom stereocenters. The molecule has 0 radical (unpaired) electrons. The Hall–Kier alpha value is -1.66. The molecular weight excluding hydrogens is 923 g/mol. The van der Waals surface area contributed by atoms with Crippen LogP contribution in [0, 0.1) is 0 Å². The first-order valence-electron chi connectivity index (χ1n) is 34.1. The Labute approximate surface area is 469 Å². The van der Waals surface area contributed by atoms with Gasteiger partial charge in [0.05, 0.1) is 25.4 Å². The van der Waals surface area contributed by atoms with E-state index in [0.29, 0.717) is 19.4 Å². The van der Waals surface area contributed by atoms with Crippen LogP contribution in [0.25, 0.3) is 0 Å². The quantitative estimate of drug-likeness (QED) is 0.0320. The molecule has 1 amide bonds. The zero-order valence-corrected chi connectivity index (χ0v) is 50.8. The molecule has 3 N–H and O–H groups in total. The maximum atomic E-state index is 12.5. The van der Waals surface area contributed by atoms with Gasteiger partial charge in [-0.25, -0.2) is 0 Å². The summed E-state index contributed by atoms with van der Waals surface area (Å²) in [6.45, 7) is 4.93. The summed E-state index contributed by atoms with van der Waals surface area (Å²) in [6, 6.07) is -0.626. The second-order valence-electron chi connectivity index (χ2n) is 23.5. The van der Waals surface area contributed by atoms with E-state index < -0.39 is 12.1 Å². The molecule has 0 aliphatic heterocycles. The Morgan fingerprint density at radius 1 is 0.360 bits per heavy atom. The van der Waals surface area contributed by atoms with Crippen molar-refractivity contribution in [2.75, 3.05) is 13.2 Å². The fraction of sp³-hybridized carbons (Fsp3) is 0.913. The number of unbranched alkanes of at least 4 members (excludes halogenated alkanes) is 51. The molecule has 0 aromatic heterocycles. The second-order valence-corrected chi connectivity index (χ2v) is 23.5. The number of nitrogens with one attached hydrogen (secondary N) is 1. The van der Waals surface area contributed by atoms with Gasteiger partial charge in [0.15, 0.2) is 0 Å². The fourth-order valence-electron chi connectivity index (χ4n) is 10.7. The highest BCUT2D eigenvalue weighted by molar-refractivity contribution is 5.76. The van der Waals surface area contributed by atoms with Crippen LogP contribution in [-0.2, 0) is 14.3 Å². The van der Waals surface area contributed by atoms with Gasteiger partial charge < -0.3 is 20.3 Å². The summed E-state index contributed by atoms with van der Waals surface area (Å²) in [5, 5.41) is 23.2. The predicted octanol–water partition coefficient (Wildman–Crippen LogP) is 21.8. The highest BCUT2D eigenvalue weighted by atomic mass is 16.5. The molecule has 0 aromatic carbocycles. The Kier molecular flexibility index (Phi) is 63.4. The number of aliphatic hydroxyl groups is 2. The second kappa shape index (κ2) is 64.9. The van der Waals surface area contributed by atoms with Crippen molar-refractivity contribution >= 4 is 11.9 Å². The van der Waals surface area contributed by atoms with Gasteiger partial charge in [-0.2, -0.15) is 0 Å². The van der Waals surface area contributed by atoms with Gasteiger partial charge in [-0.1, -0.05) is 334 Å². The molecule has 0 heterocycles. The summed E-state index contributed by atoms with van der Waals surface area (Å²) in [5.41, 5.74) is 0. The normalized spacial score (nSPS) is 12.6. The molecule has 444 valence electrons. The number of hydrogen-bond donors (Lipinski definition) is 3. The number of aliphatic hydroxyl groups excluding tert-OH is 2. The molecule has 6 heteroatoms. The first kappa shape index (κ1) is 73.3. The minimum atomic E-state index is -0.843. The van der Waals surface area contributed by atoms with Gasteiger partial charge in [0.1, 0.15) is 0 Å². The van der Waals surface area contributed by atoms with Crippen molar-refractivity contribution in [3.05, 3.63) is 24.3 Å². The molecule has 0 saturated heterocycles. The Morgan fingerprint density at radius 3 is 0.947 bits per heavy atom. The first-order chi connectivity index (χ1) is 37.0. The minimum absolute atomic E-state index is 0.0137. The summed E-state index contributed by atoms with van der Waals surface area (Å²) >= 11 is 0. The van der Waals surface area contributed by atoms with E-state index in [1.165, 1.54) is 308 Å². The van der Waals surface area contributed by atoms with E-state index >= 15 is 0 Å². The highest BCUT2D eigenvalue weighted by Gasteiger charge is 2.18. The molecule has 0 rings (SSSR count). The third-order valence-corrected chi connectivity index (χ3v) is 16.0. The predicted molar refractivity (Wildman–Crippen MR) is 329 cm³/mol. The number of ether oxygens (including phenoxy) is 1. The zero-order valence-electron chi connectivity index (χ0n) is 50.8. The summed E-state index contributed by atoms with van der Waals surface area (Å²) < 4.78 is 5.50. The first-order valence-corrected chi connectivity index (χ1v) is 34.1. The molecule has 0 spiro atoms. The topological polar surface area (TPSA) is 95.9 Å². The lowest BCUT2D eigenvalue weighted by Gasteiger charge is -2.20. The summed E-state index contributed by atoms with van der Waals surface area (Å²) in [7, 11) is 0. The van der Waals surface area contributed by atoms with Crippen LogP contribution in [0.3, 0.4) is 0 Å². The Morgan fingerprint density at radius 2 is 0.627 bits per heavy atom. The zero-order chi connectivity index (χ0) is 54.3. The van der Waals surface area contributed by atoms with Crippen molar-refractivity contribution < 1.29 is 24.5 Å². The van der Waals surface area contributed by atoms with Crippen molar-refractivity contribution in [2.45, 2.75) is 392 Å². The molecule has 6 nitrogen and oxygen atoms in total. The highest BCUT2D eigenvalue weighted by Crippen LogP contribution is 2.18. The van der Waals surface area contributed by atoms with Crippen LogP contribution in [-0.4, -0.2) is 47.4 Å². The van der Waals surface area contributed by atoms with Crippen LogP contribution in [0.15, 0.2) is 24.3 Å². The Bertz CT molecular complexity index is 1170. The maximum absolute atomic E-state index is 12.5. The maximum Gasteiger partial charge on any atom is 0.305 e. The van der Waals surface area contributed by atoms with Crippen LogP contribution >= 0.6 is 0 Å². The van der Waals surface area contributed by atoms with Gasteiger partial charge in [-0.15, -0.1) is 0 Å². The van der Waals surface area contributed by atoms with E-state index in [9.17, 15) is 19.8 Å². The van der Waals surface area contributed by atoms with Crippen LogP contribution in [0.5, 0.6) is 0 Å². The van der Waals surface area contributed by atoms with Crippen LogP contribution in [0.2, 0.25) is 0 Å². The van der Waals surface area contributed by atoms with Crippen molar-refractivity contribution in [2.24, 2.45) is 0 Å². The van der Waals surface area contributed by atoms with E-state index in [-0.39, 0.29) is 18.5 Å². The largest absolute Gasteiger partial charge is 0.466 e. The lowest BCUT2D eigenvalue weighted by Crippen LogP contribution is -2.45. The third kappa shape index (κ3) is 61.4. The van der Waals surface area contributed by atoms with Crippen molar-refractivity contribution in [3.63, 3.8) is 0 Å². The van der Waals surface area contributed by atoms with E-state index in [4.69, 9.17) is 4.74 Å². The van der Waals surface area contributed by atoms with Crippen LogP contribution in [0.4, 0.5) is 0 Å². The van der Waals surface area contributed by atoms with Gasteiger partial charge in [0.25, 0.3) is 0 Å². The summed E-state index contributed by atoms with van der Waals surface area (Å²) in [6.07, 6.45) is 81.0. The van der Waals surface area contributed by atoms with E-state index in [1.807, 2.05) is 6.08 Å². The van der Waals surface area contributed by atoms with Gasteiger partial charge >= 0.3 is 5.97 Å². The molecular formula is C69H133NO5. The average Bonchev–Trinajstić information content (AvgIpc) is 3.41. The monoisotopic (exact) mass is 1060 g/mol. The number of allylic oxidation sites excluding steroid dienone is 3. The molecule has 0 fully saturated rings. The fourth-order valence-corrected chi connectivity index (χ4v) is 10.7. The molecule has 0 bridgehead atoms. The third-order valence-electron chi connectivity index (χ3n) is 16.0. The average molecular weight is 1060 g/mol. The van der Waals surface area contributed by atoms with Crippen LogP contribution < -0.4 is 5.32 Å². The molecule has 0 aliphatic rings. The SMILES string of the molecule is CCCCCCCCC/C=C\CCCCCCCCCC(=O)OCCCCCCCCCCCCCCCCCCCCCCCCCCCC(=O)NC(CO)C(O)/C=C/CCCCCCCCCCCCCCC. The lowest BCUT2D eigenvalue weighted by atomic mass is 10.0. The number of rotatable bonds is 64. The van der Waals surface area contributed by atoms with E-state index in [1.54, 1.807) is 6.08 Å². The molecule has 2 atom stereocenters. The van der Waals surface area contributed by atoms with Crippen molar-refractivity contribution in [1.29, 1.82) is 0 Å². The van der Waals surface area contributed by atoms with Crippen LogP contribution in [0.1, 0.15) is 380 Å². The number of hydrogen-bond acceptors (Lipinski definition) is 5. The number of carbonyl (C=O) groups is 2. The van der Waals surface area contributed by atoms with E-state index in [0.717, 1.165) is 44.9 Å². The van der Waals surface area contributed by atoms with Gasteiger partial charge in [-0.05, 0) is 57.8 Å². The smallest absolute Gasteiger partial charge is 0.305 e. The van der Waals surface area contributed by atoms with Crippen molar-refractivity contribution in [1.82, 2.24) is 5.32 Å². The standard InChI is InChI=1S/C69H133NO5/c1-3-5-7-9-11-13-15-17-19-20-31-35-39-43-47-51-55-59-63-69(74)75-64-60-56-52-48-44-40-36-32-29-27-25-23-21-22-24-26-28-30-34-38-42-46-50-54-58-62-68(73)70-66(65-71)67(72)61-57-53-49-45-41-37-33-18-16-14-12-10-8-6-4-2/h19-20,57,61,66-67,71-72H,3-18,21-56,58-60,62-65H2,1-2H3,(H,70,73)/b20-19-,61-57+. The number of amides is 1. The lowest BCUT2D eigenvalue weighted by molar-refractivity contribution is -0.143. The summed E-state index contributed by atoms with van der Waals surface area (Å²) in [4.78, 5) is 24.6. The number of esters is 1. The van der Waals surface area contributed by atoms with Gasteiger partial charge in [0, 0.05) is 12.8 Å².